The number of hydrogen-bond donors (Lipinski definition) is 1. The summed E-state index contributed by atoms with van der Waals surface area (Å²) >= 11 is 0. The van der Waals surface area contributed by atoms with Gasteiger partial charge in [-0.15, -0.1) is 0 Å². The second-order valence-electron chi connectivity index (χ2n) is 4.70. The number of methoxy groups -OCH3 is 1. The number of nitrogens with two attached hydrogens (primary N) is 1. The Bertz CT molecular complexity index is 226. The zero-order valence-electron chi connectivity index (χ0n) is 9.70. The van der Waals surface area contributed by atoms with Crippen LogP contribution < -0.4 is 5.73 Å². The first-order chi connectivity index (χ1) is 7.07. The van der Waals surface area contributed by atoms with Crippen molar-refractivity contribution in [1.29, 1.82) is 5.26 Å². The maximum absolute atomic E-state index is 8.84. The third kappa shape index (κ3) is 4.17. The zero-order valence-corrected chi connectivity index (χ0v) is 9.70. The van der Waals surface area contributed by atoms with E-state index in [0.717, 1.165) is 32.5 Å². The lowest BCUT2D eigenvalue weighted by Gasteiger charge is -2.34. The van der Waals surface area contributed by atoms with Gasteiger partial charge in [0.05, 0.1) is 6.07 Å². The molecule has 0 aromatic carbocycles. The molecule has 4 nitrogen and oxygen atoms in total. The summed E-state index contributed by atoms with van der Waals surface area (Å²) in [5, 5.41) is 8.84. The van der Waals surface area contributed by atoms with E-state index in [-0.39, 0.29) is 0 Å². The topological polar surface area (TPSA) is 62.3 Å². The average Bonchev–Trinajstić information content (AvgIpc) is 2.21. The van der Waals surface area contributed by atoms with Crippen LogP contribution in [0.1, 0.15) is 19.8 Å². The van der Waals surface area contributed by atoms with Crippen molar-refractivity contribution in [2.45, 2.75) is 25.3 Å². The Morgan fingerprint density at radius 3 is 2.60 bits per heavy atom. The molecule has 1 heterocycles. The Kier molecular flexibility index (Phi) is 4.52. The van der Waals surface area contributed by atoms with Gasteiger partial charge >= 0.3 is 0 Å². The highest BCUT2D eigenvalue weighted by Gasteiger charge is 2.25. The number of likely N-dealkylation sites (tertiary alicyclic amines) is 1. The molecule has 0 aromatic heterocycles. The molecule has 1 unspecified atom stereocenters. The van der Waals surface area contributed by atoms with Gasteiger partial charge in [-0.05, 0) is 38.8 Å². The van der Waals surface area contributed by atoms with Crippen molar-refractivity contribution in [3.63, 3.8) is 0 Å². The van der Waals surface area contributed by atoms with Crippen molar-refractivity contribution >= 4 is 0 Å². The Balaban J connectivity index is 2.29. The molecule has 1 aliphatic heterocycles. The SMILES string of the molecule is COCC1CCN(CC(C)(N)C#N)CC1. The second kappa shape index (κ2) is 5.45. The molecule has 0 radical (unpaired) electrons. The van der Waals surface area contributed by atoms with Crippen molar-refractivity contribution in [2.75, 3.05) is 33.4 Å². The van der Waals surface area contributed by atoms with Gasteiger partial charge in [0.1, 0.15) is 5.54 Å². The molecule has 86 valence electrons. The molecule has 0 spiro atoms. The zero-order chi connectivity index (χ0) is 11.3. The summed E-state index contributed by atoms with van der Waals surface area (Å²) in [4.78, 5) is 2.27. The molecule has 1 saturated heterocycles. The Hall–Kier alpha value is -0.630. The van der Waals surface area contributed by atoms with Crippen molar-refractivity contribution in [3.8, 4) is 6.07 Å². The van der Waals surface area contributed by atoms with Gasteiger partial charge in [-0.3, -0.25) is 0 Å². The van der Waals surface area contributed by atoms with E-state index < -0.39 is 5.54 Å². The fourth-order valence-electron chi connectivity index (χ4n) is 2.05. The van der Waals surface area contributed by atoms with Crippen LogP contribution in [0.3, 0.4) is 0 Å². The van der Waals surface area contributed by atoms with Gasteiger partial charge < -0.3 is 15.4 Å². The average molecular weight is 211 g/mol. The molecule has 15 heavy (non-hydrogen) atoms. The van der Waals surface area contributed by atoms with Gasteiger partial charge in [-0.1, -0.05) is 0 Å². The maximum atomic E-state index is 8.84. The molecule has 1 atom stereocenters. The van der Waals surface area contributed by atoms with Crippen LogP contribution >= 0.6 is 0 Å². The van der Waals surface area contributed by atoms with Gasteiger partial charge in [-0.25, -0.2) is 0 Å². The quantitative estimate of drug-likeness (QED) is 0.739. The lowest BCUT2D eigenvalue weighted by atomic mass is 9.96. The largest absolute Gasteiger partial charge is 0.384 e. The van der Waals surface area contributed by atoms with Crippen LogP contribution in [0.25, 0.3) is 0 Å². The van der Waals surface area contributed by atoms with Crippen LogP contribution in [0.15, 0.2) is 0 Å². The second-order valence-corrected chi connectivity index (χ2v) is 4.70. The highest BCUT2D eigenvalue weighted by molar-refractivity contribution is 5.03. The van der Waals surface area contributed by atoms with E-state index >= 15 is 0 Å². The summed E-state index contributed by atoms with van der Waals surface area (Å²) in [6.07, 6.45) is 2.30. The number of nitriles is 1. The highest BCUT2D eigenvalue weighted by Crippen LogP contribution is 2.18. The molecule has 1 aliphatic rings. The molecule has 0 amide bonds. The number of piperidine rings is 1. The van der Waals surface area contributed by atoms with Crippen LogP contribution in [0.4, 0.5) is 0 Å². The van der Waals surface area contributed by atoms with Crippen LogP contribution in [0.2, 0.25) is 0 Å². The Labute approximate surface area is 92.0 Å². The fourth-order valence-corrected chi connectivity index (χ4v) is 2.05. The smallest absolute Gasteiger partial charge is 0.114 e. The van der Waals surface area contributed by atoms with E-state index in [0.29, 0.717) is 12.5 Å². The van der Waals surface area contributed by atoms with Gasteiger partial charge in [0, 0.05) is 20.3 Å². The lowest BCUT2D eigenvalue weighted by Crippen LogP contribution is -2.49. The van der Waals surface area contributed by atoms with E-state index in [2.05, 4.69) is 11.0 Å². The summed E-state index contributed by atoms with van der Waals surface area (Å²) in [5.74, 6) is 0.678. The standard InChI is InChI=1S/C11H21N3O/c1-11(13,8-12)9-14-5-3-10(4-6-14)7-15-2/h10H,3-7,9,13H2,1-2H3. The monoisotopic (exact) mass is 211 g/mol. The molecule has 0 aromatic rings. The Morgan fingerprint density at radius 2 is 2.13 bits per heavy atom. The van der Waals surface area contributed by atoms with Crippen molar-refractivity contribution < 1.29 is 4.74 Å². The minimum Gasteiger partial charge on any atom is -0.384 e. The third-order valence-electron chi connectivity index (χ3n) is 2.92. The van der Waals surface area contributed by atoms with Crippen molar-refractivity contribution in [1.82, 2.24) is 4.90 Å². The summed E-state index contributed by atoms with van der Waals surface area (Å²) in [6.45, 7) is 5.37. The maximum Gasteiger partial charge on any atom is 0.114 e. The summed E-state index contributed by atoms with van der Waals surface area (Å²) in [6, 6.07) is 2.14. The Morgan fingerprint density at radius 1 is 1.53 bits per heavy atom. The molecule has 2 N–H and O–H groups in total. The first kappa shape index (κ1) is 12.4. The van der Waals surface area contributed by atoms with Crippen LogP contribution in [-0.4, -0.2) is 43.8 Å². The van der Waals surface area contributed by atoms with E-state index in [4.69, 9.17) is 15.7 Å². The molecule has 0 saturated carbocycles. The normalized spacial score (nSPS) is 23.3. The van der Waals surface area contributed by atoms with Crippen molar-refractivity contribution in [3.05, 3.63) is 0 Å². The van der Waals surface area contributed by atoms with E-state index in [1.807, 2.05) is 0 Å². The molecule has 4 heteroatoms. The fraction of sp³-hybridized carbons (Fsp3) is 0.909. The van der Waals surface area contributed by atoms with Gasteiger partial charge in [0.2, 0.25) is 0 Å². The van der Waals surface area contributed by atoms with E-state index in [1.165, 1.54) is 0 Å². The number of ether oxygens (including phenoxy) is 1. The predicted octanol–water partition coefficient (Wildman–Crippen LogP) is 0.586. The van der Waals surface area contributed by atoms with Gasteiger partial charge in [0.15, 0.2) is 0 Å². The van der Waals surface area contributed by atoms with E-state index in [9.17, 15) is 0 Å². The van der Waals surface area contributed by atoms with Crippen LogP contribution in [0.5, 0.6) is 0 Å². The van der Waals surface area contributed by atoms with Crippen LogP contribution in [-0.2, 0) is 4.74 Å². The first-order valence-electron chi connectivity index (χ1n) is 5.49. The summed E-state index contributed by atoms with van der Waals surface area (Å²) < 4.78 is 5.14. The molecule has 0 aliphatic carbocycles. The van der Waals surface area contributed by atoms with Gasteiger partial charge in [0.25, 0.3) is 0 Å². The summed E-state index contributed by atoms with van der Waals surface area (Å²) in [5.41, 5.74) is 5.10. The summed E-state index contributed by atoms with van der Waals surface area (Å²) in [7, 11) is 1.75. The van der Waals surface area contributed by atoms with E-state index in [1.54, 1.807) is 14.0 Å². The molecule has 1 fully saturated rings. The first-order valence-corrected chi connectivity index (χ1v) is 5.49. The molecule has 0 bridgehead atoms. The van der Waals surface area contributed by atoms with Gasteiger partial charge in [-0.2, -0.15) is 5.26 Å². The number of hydrogen-bond acceptors (Lipinski definition) is 4. The number of nitrogens with zero attached hydrogens (tertiary/aromatic N) is 2. The van der Waals surface area contributed by atoms with Crippen LogP contribution in [0, 0.1) is 17.2 Å². The highest BCUT2D eigenvalue weighted by atomic mass is 16.5. The molecule has 1 rings (SSSR count). The van der Waals surface area contributed by atoms with Crippen molar-refractivity contribution in [2.24, 2.45) is 11.7 Å². The minimum absolute atomic E-state index is 0.670. The predicted molar refractivity (Wildman–Crippen MR) is 59.2 cm³/mol. The molecular weight excluding hydrogens is 190 g/mol. The molecular formula is C11H21N3O. The lowest BCUT2D eigenvalue weighted by molar-refractivity contribution is 0.0944. The number of rotatable bonds is 4. The third-order valence-corrected chi connectivity index (χ3v) is 2.92. The minimum atomic E-state index is -0.714.